The van der Waals surface area contributed by atoms with Crippen molar-refractivity contribution in [1.82, 2.24) is 5.32 Å². The standard InChI is InChI=1S/C26H51NO4/c1-25(2,21-30-23-13-5-11-19-28-23)15-7-9-17-27-18-10-8-16-26(3,4)22-31-24-14-6-12-20-29-24/h23-24,27H,5-22H2,1-4H3. The molecular formula is C26H51NO4. The van der Waals surface area contributed by atoms with Crippen LogP contribution in [0.15, 0.2) is 0 Å². The van der Waals surface area contributed by atoms with Gasteiger partial charge in [0.15, 0.2) is 12.6 Å². The summed E-state index contributed by atoms with van der Waals surface area (Å²) in [5, 5.41) is 3.62. The lowest BCUT2D eigenvalue weighted by atomic mass is 9.88. The molecule has 0 amide bonds. The van der Waals surface area contributed by atoms with Gasteiger partial charge in [0.2, 0.25) is 0 Å². The number of ether oxygens (including phenoxy) is 4. The molecule has 2 aliphatic rings. The average molecular weight is 442 g/mol. The summed E-state index contributed by atoms with van der Waals surface area (Å²) in [5.41, 5.74) is 0.467. The molecule has 0 aromatic heterocycles. The van der Waals surface area contributed by atoms with Gasteiger partial charge in [-0.2, -0.15) is 0 Å². The van der Waals surface area contributed by atoms with Crippen LogP contribution in [0, 0.1) is 10.8 Å². The highest BCUT2D eigenvalue weighted by molar-refractivity contribution is 4.70. The van der Waals surface area contributed by atoms with Crippen molar-refractivity contribution < 1.29 is 18.9 Å². The van der Waals surface area contributed by atoms with Crippen molar-refractivity contribution >= 4 is 0 Å². The Morgan fingerprint density at radius 1 is 0.677 bits per heavy atom. The molecule has 0 aromatic rings. The molecule has 0 spiro atoms. The van der Waals surface area contributed by atoms with E-state index in [4.69, 9.17) is 18.9 Å². The van der Waals surface area contributed by atoms with E-state index in [1.54, 1.807) is 0 Å². The largest absolute Gasteiger partial charge is 0.353 e. The summed E-state index contributed by atoms with van der Waals surface area (Å²) in [7, 11) is 0. The quantitative estimate of drug-likeness (QED) is 0.295. The average Bonchev–Trinajstić information content (AvgIpc) is 2.77. The van der Waals surface area contributed by atoms with Crippen LogP contribution in [-0.2, 0) is 18.9 Å². The van der Waals surface area contributed by atoms with Crippen LogP contribution in [-0.4, -0.2) is 52.1 Å². The smallest absolute Gasteiger partial charge is 0.157 e. The Labute approximate surface area is 192 Å². The van der Waals surface area contributed by atoms with E-state index < -0.39 is 0 Å². The van der Waals surface area contributed by atoms with Crippen molar-refractivity contribution in [3.05, 3.63) is 0 Å². The number of hydrogen-bond donors (Lipinski definition) is 1. The highest BCUT2D eigenvalue weighted by atomic mass is 16.7. The zero-order valence-corrected chi connectivity index (χ0v) is 21.0. The molecule has 2 aliphatic heterocycles. The van der Waals surface area contributed by atoms with Crippen LogP contribution in [0.1, 0.15) is 105 Å². The van der Waals surface area contributed by atoms with Crippen LogP contribution in [0.5, 0.6) is 0 Å². The van der Waals surface area contributed by atoms with Crippen molar-refractivity contribution in [2.75, 3.05) is 39.5 Å². The summed E-state index contributed by atoms with van der Waals surface area (Å²) in [4.78, 5) is 0. The maximum absolute atomic E-state index is 6.00. The van der Waals surface area contributed by atoms with Gasteiger partial charge >= 0.3 is 0 Å². The minimum atomic E-state index is 0.0341. The molecule has 0 bridgehead atoms. The van der Waals surface area contributed by atoms with E-state index in [0.717, 1.165) is 52.4 Å². The van der Waals surface area contributed by atoms with Crippen LogP contribution in [0.25, 0.3) is 0 Å². The van der Waals surface area contributed by atoms with E-state index in [9.17, 15) is 0 Å². The summed E-state index contributed by atoms with van der Waals surface area (Å²) in [5.74, 6) is 0. The summed E-state index contributed by atoms with van der Waals surface area (Å²) >= 11 is 0. The van der Waals surface area contributed by atoms with Crippen molar-refractivity contribution in [2.24, 2.45) is 10.8 Å². The molecule has 1 N–H and O–H groups in total. The van der Waals surface area contributed by atoms with Crippen LogP contribution < -0.4 is 5.32 Å². The molecule has 2 atom stereocenters. The van der Waals surface area contributed by atoms with Gasteiger partial charge in [-0.3, -0.25) is 0 Å². The van der Waals surface area contributed by atoms with Gasteiger partial charge < -0.3 is 24.3 Å². The zero-order chi connectivity index (χ0) is 22.4. The zero-order valence-electron chi connectivity index (χ0n) is 21.0. The highest BCUT2D eigenvalue weighted by Crippen LogP contribution is 2.27. The van der Waals surface area contributed by atoms with E-state index in [-0.39, 0.29) is 23.4 Å². The third-order valence-electron chi connectivity index (χ3n) is 6.51. The summed E-state index contributed by atoms with van der Waals surface area (Å²) in [6.07, 6.45) is 14.4. The Morgan fingerprint density at radius 2 is 1.13 bits per heavy atom. The molecule has 5 nitrogen and oxygen atoms in total. The molecule has 2 saturated heterocycles. The summed E-state index contributed by atoms with van der Waals surface area (Å²) < 4.78 is 23.4. The first-order valence-electron chi connectivity index (χ1n) is 13.0. The molecule has 2 heterocycles. The van der Waals surface area contributed by atoms with Crippen molar-refractivity contribution in [1.29, 1.82) is 0 Å². The van der Waals surface area contributed by atoms with Gasteiger partial charge in [-0.25, -0.2) is 0 Å². The van der Waals surface area contributed by atoms with Gasteiger partial charge in [-0.15, -0.1) is 0 Å². The van der Waals surface area contributed by atoms with Gasteiger partial charge in [0.1, 0.15) is 0 Å². The number of nitrogens with one attached hydrogen (secondary N) is 1. The Hall–Kier alpha value is -0.200. The molecule has 2 unspecified atom stereocenters. The molecule has 0 aliphatic carbocycles. The Bertz CT molecular complexity index is 403. The van der Waals surface area contributed by atoms with Crippen LogP contribution >= 0.6 is 0 Å². The number of rotatable bonds is 16. The van der Waals surface area contributed by atoms with Crippen molar-refractivity contribution in [2.45, 2.75) is 117 Å². The Morgan fingerprint density at radius 3 is 1.52 bits per heavy atom. The van der Waals surface area contributed by atoms with Gasteiger partial charge in [0.25, 0.3) is 0 Å². The predicted octanol–water partition coefficient (Wildman–Crippen LogP) is 6.06. The molecule has 0 radical (unpaired) electrons. The topological polar surface area (TPSA) is 49.0 Å². The second kappa shape index (κ2) is 14.8. The molecule has 184 valence electrons. The van der Waals surface area contributed by atoms with E-state index in [0.29, 0.717) is 0 Å². The number of unbranched alkanes of at least 4 members (excludes halogenated alkanes) is 2. The Kier molecular flexibility index (Phi) is 13.0. The first-order chi connectivity index (χ1) is 14.9. The van der Waals surface area contributed by atoms with Crippen LogP contribution in [0.4, 0.5) is 0 Å². The van der Waals surface area contributed by atoms with E-state index in [2.05, 4.69) is 33.0 Å². The maximum atomic E-state index is 6.00. The lowest BCUT2D eigenvalue weighted by Gasteiger charge is -2.29. The maximum Gasteiger partial charge on any atom is 0.157 e. The van der Waals surface area contributed by atoms with Crippen LogP contribution in [0.3, 0.4) is 0 Å². The van der Waals surface area contributed by atoms with E-state index >= 15 is 0 Å². The van der Waals surface area contributed by atoms with E-state index in [1.807, 2.05) is 0 Å². The lowest BCUT2D eigenvalue weighted by Crippen LogP contribution is -2.28. The van der Waals surface area contributed by atoms with Crippen molar-refractivity contribution in [3.63, 3.8) is 0 Å². The molecule has 0 aromatic carbocycles. The fraction of sp³-hybridized carbons (Fsp3) is 1.00. The van der Waals surface area contributed by atoms with Crippen LogP contribution in [0.2, 0.25) is 0 Å². The van der Waals surface area contributed by atoms with Crippen molar-refractivity contribution in [3.8, 4) is 0 Å². The highest BCUT2D eigenvalue weighted by Gasteiger charge is 2.23. The molecule has 31 heavy (non-hydrogen) atoms. The van der Waals surface area contributed by atoms with E-state index in [1.165, 1.54) is 64.2 Å². The predicted molar refractivity (Wildman–Crippen MR) is 127 cm³/mol. The Balaban J connectivity index is 1.39. The van der Waals surface area contributed by atoms with Gasteiger partial charge in [0, 0.05) is 13.2 Å². The summed E-state index contributed by atoms with van der Waals surface area (Å²) in [6.45, 7) is 14.8. The molecular weight excluding hydrogens is 390 g/mol. The fourth-order valence-corrected chi connectivity index (χ4v) is 4.30. The lowest BCUT2D eigenvalue weighted by molar-refractivity contribution is -0.176. The number of hydrogen-bond acceptors (Lipinski definition) is 5. The first kappa shape index (κ1) is 27.0. The van der Waals surface area contributed by atoms with Gasteiger partial charge in [-0.1, -0.05) is 40.5 Å². The van der Waals surface area contributed by atoms with Gasteiger partial charge in [0.05, 0.1) is 13.2 Å². The fourth-order valence-electron chi connectivity index (χ4n) is 4.30. The molecule has 0 saturated carbocycles. The third-order valence-corrected chi connectivity index (χ3v) is 6.51. The molecule has 2 fully saturated rings. The van der Waals surface area contributed by atoms with Gasteiger partial charge in [-0.05, 0) is 88.1 Å². The second-order valence-corrected chi connectivity index (χ2v) is 11.2. The normalized spacial score (nSPS) is 23.2. The second-order valence-electron chi connectivity index (χ2n) is 11.2. The minimum Gasteiger partial charge on any atom is -0.353 e. The summed E-state index contributed by atoms with van der Waals surface area (Å²) in [6, 6.07) is 0. The molecule has 2 rings (SSSR count). The third kappa shape index (κ3) is 13.2. The minimum absolute atomic E-state index is 0.0341. The monoisotopic (exact) mass is 441 g/mol. The SMILES string of the molecule is CC(C)(CCCCNCCCCC(C)(C)COC1CCCCO1)COC1CCCCO1. The first-order valence-corrected chi connectivity index (χ1v) is 13.0. The molecule has 5 heteroatoms.